The van der Waals surface area contributed by atoms with Crippen LogP contribution in [-0.4, -0.2) is 24.6 Å². The zero-order chi connectivity index (χ0) is 15.7. The molecule has 3 aromatic rings. The molecule has 22 heavy (non-hydrogen) atoms. The van der Waals surface area contributed by atoms with Crippen molar-refractivity contribution in [2.45, 2.75) is 13.5 Å². The van der Waals surface area contributed by atoms with Crippen LogP contribution in [0.1, 0.15) is 11.5 Å². The van der Waals surface area contributed by atoms with Crippen LogP contribution in [0.4, 0.5) is 0 Å². The van der Waals surface area contributed by atoms with Crippen LogP contribution < -0.4 is 0 Å². The van der Waals surface area contributed by atoms with Crippen LogP contribution in [-0.2, 0) is 20.9 Å². The fourth-order valence-electron chi connectivity index (χ4n) is 2.12. The average molecular weight is 334 g/mol. The van der Waals surface area contributed by atoms with Crippen molar-refractivity contribution in [3.63, 3.8) is 0 Å². The maximum Gasteiger partial charge on any atom is 0.264 e. The number of hydrogen-bond acceptors (Lipinski definition) is 6. The third kappa shape index (κ3) is 3.32. The SMILES string of the molecule is Cc1nc(COS(C)(=O)=O)c2cc(-c3ccccc3)sc2n1. The third-order valence-corrected chi connectivity index (χ3v) is 4.68. The van der Waals surface area contributed by atoms with E-state index in [9.17, 15) is 8.42 Å². The largest absolute Gasteiger partial charge is 0.264 e. The van der Waals surface area contributed by atoms with Gasteiger partial charge in [0.15, 0.2) is 0 Å². The Kier molecular flexibility index (Phi) is 3.94. The van der Waals surface area contributed by atoms with Crippen molar-refractivity contribution in [2.24, 2.45) is 0 Å². The maximum absolute atomic E-state index is 11.2. The van der Waals surface area contributed by atoms with Crippen molar-refractivity contribution in [1.82, 2.24) is 9.97 Å². The van der Waals surface area contributed by atoms with Gasteiger partial charge in [0.25, 0.3) is 10.1 Å². The number of aromatic nitrogens is 2. The Balaban J connectivity index is 2.07. The van der Waals surface area contributed by atoms with E-state index in [-0.39, 0.29) is 6.61 Å². The molecule has 0 spiro atoms. The Bertz CT molecular complexity index is 919. The summed E-state index contributed by atoms with van der Waals surface area (Å²) in [5.41, 5.74) is 1.68. The fraction of sp³-hybridized carbons (Fsp3) is 0.200. The lowest BCUT2D eigenvalue weighted by atomic mass is 10.1. The van der Waals surface area contributed by atoms with E-state index in [1.807, 2.05) is 36.4 Å². The summed E-state index contributed by atoms with van der Waals surface area (Å²) < 4.78 is 27.3. The lowest BCUT2D eigenvalue weighted by Gasteiger charge is -2.03. The monoisotopic (exact) mass is 334 g/mol. The molecule has 0 amide bonds. The first-order valence-corrected chi connectivity index (χ1v) is 9.22. The van der Waals surface area contributed by atoms with E-state index in [0.717, 1.165) is 26.9 Å². The highest BCUT2D eigenvalue weighted by molar-refractivity contribution is 7.85. The van der Waals surface area contributed by atoms with Gasteiger partial charge in [0, 0.05) is 10.3 Å². The second kappa shape index (κ2) is 5.75. The van der Waals surface area contributed by atoms with Crippen LogP contribution in [0.25, 0.3) is 20.7 Å². The Morgan fingerprint density at radius 2 is 1.91 bits per heavy atom. The topological polar surface area (TPSA) is 69.2 Å². The van der Waals surface area contributed by atoms with Gasteiger partial charge in [-0.2, -0.15) is 8.42 Å². The van der Waals surface area contributed by atoms with E-state index in [0.29, 0.717) is 11.5 Å². The van der Waals surface area contributed by atoms with Gasteiger partial charge in [-0.05, 0) is 18.6 Å². The number of nitrogens with zero attached hydrogens (tertiary/aromatic N) is 2. The smallest absolute Gasteiger partial charge is 0.264 e. The molecule has 2 heterocycles. The standard InChI is InChI=1S/C15H14N2O3S2/c1-10-16-13(9-20-22(2,18)19)12-8-14(21-15(12)17-10)11-6-4-3-5-7-11/h3-8H,9H2,1-2H3. The summed E-state index contributed by atoms with van der Waals surface area (Å²) in [6.07, 6.45) is 1.03. The number of hydrogen-bond donors (Lipinski definition) is 0. The zero-order valence-corrected chi connectivity index (χ0v) is 13.7. The summed E-state index contributed by atoms with van der Waals surface area (Å²) in [6.45, 7) is 1.70. The molecule has 0 fully saturated rings. The van der Waals surface area contributed by atoms with Crippen LogP contribution in [0.15, 0.2) is 36.4 Å². The Labute approximate surface area is 132 Å². The van der Waals surface area contributed by atoms with Gasteiger partial charge in [-0.25, -0.2) is 9.97 Å². The van der Waals surface area contributed by atoms with Gasteiger partial charge < -0.3 is 0 Å². The highest BCUT2D eigenvalue weighted by Gasteiger charge is 2.13. The number of thiophene rings is 1. The third-order valence-electron chi connectivity index (χ3n) is 3.05. The number of fused-ring (bicyclic) bond motifs is 1. The minimum absolute atomic E-state index is 0.0797. The molecule has 7 heteroatoms. The summed E-state index contributed by atoms with van der Waals surface area (Å²) in [7, 11) is -3.51. The molecule has 0 unspecified atom stereocenters. The highest BCUT2D eigenvalue weighted by atomic mass is 32.2. The van der Waals surface area contributed by atoms with Crippen LogP contribution in [0.3, 0.4) is 0 Å². The van der Waals surface area contributed by atoms with E-state index in [1.165, 1.54) is 0 Å². The Morgan fingerprint density at radius 3 is 2.59 bits per heavy atom. The lowest BCUT2D eigenvalue weighted by molar-refractivity contribution is 0.308. The summed E-state index contributed by atoms with van der Waals surface area (Å²) >= 11 is 1.56. The number of benzene rings is 1. The second-order valence-electron chi connectivity index (χ2n) is 4.88. The van der Waals surface area contributed by atoms with E-state index in [2.05, 4.69) is 9.97 Å². The van der Waals surface area contributed by atoms with Crippen LogP contribution in [0.2, 0.25) is 0 Å². The van der Waals surface area contributed by atoms with Crippen molar-refractivity contribution in [3.8, 4) is 10.4 Å². The Hall–Kier alpha value is -1.83. The first kappa shape index (κ1) is 15.1. The van der Waals surface area contributed by atoms with Gasteiger partial charge in [-0.15, -0.1) is 11.3 Å². The van der Waals surface area contributed by atoms with E-state index >= 15 is 0 Å². The van der Waals surface area contributed by atoms with Gasteiger partial charge >= 0.3 is 0 Å². The summed E-state index contributed by atoms with van der Waals surface area (Å²) in [5, 5.41) is 0.832. The molecule has 2 aromatic heterocycles. The van der Waals surface area contributed by atoms with Gasteiger partial charge in [-0.1, -0.05) is 30.3 Å². The first-order chi connectivity index (χ1) is 10.4. The first-order valence-electron chi connectivity index (χ1n) is 6.59. The minimum atomic E-state index is -3.51. The van der Waals surface area contributed by atoms with Crippen molar-refractivity contribution in [3.05, 3.63) is 47.9 Å². The molecule has 3 rings (SSSR count). The molecule has 0 aliphatic carbocycles. The van der Waals surface area contributed by atoms with Crippen LogP contribution >= 0.6 is 11.3 Å². The molecule has 114 valence electrons. The Morgan fingerprint density at radius 1 is 1.18 bits per heavy atom. The molecule has 0 aliphatic heterocycles. The van der Waals surface area contributed by atoms with E-state index in [1.54, 1.807) is 18.3 Å². The molecule has 1 aromatic carbocycles. The molecule has 0 atom stereocenters. The molecule has 0 aliphatic rings. The van der Waals surface area contributed by atoms with E-state index < -0.39 is 10.1 Å². The molecule has 5 nitrogen and oxygen atoms in total. The molecule has 0 saturated heterocycles. The van der Waals surface area contributed by atoms with Crippen LogP contribution in [0.5, 0.6) is 0 Å². The van der Waals surface area contributed by atoms with Crippen molar-refractivity contribution < 1.29 is 12.6 Å². The normalized spacial score (nSPS) is 11.9. The molecule has 0 N–H and O–H groups in total. The van der Waals surface area contributed by atoms with Gasteiger partial charge in [0.1, 0.15) is 17.3 Å². The summed E-state index contributed by atoms with van der Waals surface area (Å²) in [6, 6.07) is 12.0. The van der Waals surface area contributed by atoms with E-state index in [4.69, 9.17) is 4.18 Å². The van der Waals surface area contributed by atoms with Gasteiger partial charge in [0.05, 0.1) is 11.9 Å². The van der Waals surface area contributed by atoms with Crippen LogP contribution in [0, 0.1) is 6.92 Å². The summed E-state index contributed by atoms with van der Waals surface area (Å²) in [4.78, 5) is 10.6. The maximum atomic E-state index is 11.2. The van der Waals surface area contributed by atoms with Crippen molar-refractivity contribution in [2.75, 3.05) is 6.26 Å². The second-order valence-corrected chi connectivity index (χ2v) is 7.55. The zero-order valence-electron chi connectivity index (χ0n) is 12.1. The van der Waals surface area contributed by atoms with Gasteiger partial charge in [-0.3, -0.25) is 4.18 Å². The lowest BCUT2D eigenvalue weighted by Crippen LogP contribution is -2.05. The minimum Gasteiger partial charge on any atom is -0.264 e. The fourth-order valence-corrected chi connectivity index (χ4v) is 3.55. The molecular formula is C15H14N2O3S2. The van der Waals surface area contributed by atoms with Crippen molar-refractivity contribution in [1.29, 1.82) is 0 Å². The number of aryl methyl sites for hydroxylation is 1. The molecule has 0 saturated carbocycles. The highest BCUT2D eigenvalue weighted by Crippen LogP contribution is 2.33. The predicted octanol–water partition coefficient (Wildman–Crippen LogP) is 3.14. The average Bonchev–Trinajstić information content (AvgIpc) is 2.88. The molecule has 0 bridgehead atoms. The molecule has 0 radical (unpaired) electrons. The predicted molar refractivity (Wildman–Crippen MR) is 87.2 cm³/mol. The number of rotatable bonds is 4. The van der Waals surface area contributed by atoms with Gasteiger partial charge in [0.2, 0.25) is 0 Å². The van der Waals surface area contributed by atoms with Crippen molar-refractivity contribution >= 4 is 31.7 Å². The summed E-state index contributed by atoms with van der Waals surface area (Å²) in [5.74, 6) is 0.598. The quantitative estimate of drug-likeness (QED) is 0.686. The molecular weight excluding hydrogens is 320 g/mol.